The number of aromatic amines is 1. The molecule has 1 aromatic rings. The molecule has 1 saturated carbocycles. The quantitative estimate of drug-likeness (QED) is 0.682. The lowest BCUT2D eigenvalue weighted by molar-refractivity contribution is -0.138. The zero-order valence-electron chi connectivity index (χ0n) is 10.8. The molecule has 0 saturated heterocycles. The van der Waals surface area contributed by atoms with Crippen molar-refractivity contribution in [3.05, 3.63) is 31.6 Å². The van der Waals surface area contributed by atoms with Crippen molar-refractivity contribution in [1.82, 2.24) is 9.55 Å². The van der Waals surface area contributed by atoms with Gasteiger partial charge in [-0.05, 0) is 18.8 Å². The van der Waals surface area contributed by atoms with Crippen LogP contribution >= 0.6 is 11.6 Å². The topological polar surface area (TPSA) is 54.9 Å². The molecule has 9 heteroatoms. The van der Waals surface area contributed by atoms with Gasteiger partial charge < -0.3 is 0 Å². The lowest BCUT2D eigenvalue weighted by atomic mass is 10.0. The summed E-state index contributed by atoms with van der Waals surface area (Å²) in [6, 6.07) is 0. The van der Waals surface area contributed by atoms with Crippen molar-refractivity contribution in [2.45, 2.75) is 50.5 Å². The maximum atomic E-state index is 13.1. The first-order valence-corrected chi connectivity index (χ1v) is 6.80. The second-order valence-electron chi connectivity index (χ2n) is 5.09. The number of hydrogen-bond donors (Lipinski definition) is 1. The Labute approximate surface area is 121 Å². The van der Waals surface area contributed by atoms with Gasteiger partial charge in [-0.2, -0.15) is 8.78 Å². The SMILES string of the molecule is O=c1[nH]c(Cl)c(C2CCCC2)c(=O)n1CC(F)(F)C(F)F. The van der Waals surface area contributed by atoms with Crippen molar-refractivity contribution >= 4 is 11.6 Å². The van der Waals surface area contributed by atoms with Gasteiger partial charge in [-0.25, -0.2) is 13.6 Å². The molecular weight excluding hydrogens is 316 g/mol. The number of rotatable bonds is 4. The minimum Gasteiger partial charge on any atom is -0.297 e. The van der Waals surface area contributed by atoms with E-state index >= 15 is 0 Å². The molecule has 0 spiro atoms. The fraction of sp³-hybridized carbons (Fsp3) is 0.667. The van der Waals surface area contributed by atoms with Crippen LogP contribution in [0.2, 0.25) is 5.15 Å². The average Bonchev–Trinajstić information content (AvgIpc) is 2.88. The van der Waals surface area contributed by atoms with Crippen LogP contribution in [0.3, 0.4) is 0 Å². The van der Waals surface area contributed by atoms with Gasteiger partial charge in [-0.15, -0.1) is 0 Å². The van der Waals surface area contributed by atoms with Crippen LogP contribution in [0.1, 0.15) is 37.2 Å². The normalized spacial score (nSPS) is 16.9. The average molecular weight is 329 g/mol. The summed E-state index contributed by atoms with van der Waals surface area (Å²) in [5.41, 5.74) is -2.21. The molecule has 0 aromatic carbocycles. The molecule has 4 nitrogen and oxygen atoms in total. The first-order valence-electron chi connectivity index (χ1n) is 6.42. The second kappa shape index (κ2) is 5.82. The fourth-order valence-electron chi connectivity index (χ4n) is 2.55. The summed E-state index contributed by atoms with van der Waals surface area (Å²) in [4.78, 5) is 25.8. The predicted molar refractivity (Wildman–Crippen MR) is 68.5 cm³/mol. The molecular formula is C12H13ClF4N2O2. The van der Waals surface area contributed by atoms with E-state index in [0.29, 0.717) is 12.8 Å². The van der Waals surface area contributed by atoms with E-state index in [2.05, 4.69) is 4.98 Å². The molecule has 2 rings (SSSR count). The molecule has 1 aromatic heterocycles. The van der Waals surface area contributed by atoms with Crippen LogP contribution in [0.4, 0.5) is 17.6 Å². The summed E-state index contributed by atoms with van der Waals surface area (Å²) < 4.78 is 50.8. The monoisotopic (exact) mass is 328 g/mol. The Balaban J connectivity index is 2.49. The van der Waals surface area contributed by atoms with Crippen LogP contribution in [0, 0.1) is 0 Å². The largest absolute Gasteiger partial charge is 0.329 e. The van der Waals surface area contributed by atoms with Crippen molar-refractivity contribution in [3.8, 4) is 0 Å². The number of aromatic nitrogens is 2. The van der Waals surface area contributed by atoms with Crippen molar-refractivity contribution < 1.29 is 17.6 Å². The second-order valence-corrected chi connectivity index (χ2v) is 5.47. The number of halogens is 5. The molecule has 0 atom stereocenters. The number of nitrogens with one attached hydrogen (secondary N) is 1. The van der Waals surface area contributed by atoms with E-state index in [1.165, 1.54) is 0 Å². The van der Waals surface area contributed by atoms with E-state index in [4.69, 9.17) is 11.6 Å². The van der Waals surface area contributed by atoms with Crippen LogP contribution in [0.25, 0.3) is 0 Å². The van der Waals surface area contributed by atoms with Gasteiger partial charge in [0.2, 0.25) is 0 Å². The molecule has 1 heterocycles. The van der Waals surface area contributed by atoms with E-state index < -0.39 is 30.1 Å². The van der Waals surface area contributed by atoms with Gasteiger partial charge in [-0.1, -0.05) is 24.4 Å². The van der Waals surface area contributed by atoms with Crippen molar-refractivity contribution in [2.75, 3.05) is 0 Å². The van der Waals surface area contributed by atoms with Gasteiger partial charge in [0.05, 0.1) is 5.56 Å². The third kappa shape index (κ3) is 3.14. The summed E-state index contributed by atoms with van der Waals surface area (Å²) in [6.07, 6.45) is -0.965. The molecule has 1 aliphatic carbocycles. The Bertz CT molecular complexity index is 635. The third-order valence-electron chi connectivity index (χ3n) is 3.63. The zero-order chi connectivity index (χ0) is 15.8. The number of hydrogen-bond acceptors (Lipinski definition) is 2. The van der Waals surface area contributed by atoms with Crippen molar-refractivity contribution in [1.29, 1.82) is 0 Å². The molecule has 21 heavy (non-hydrogen) atoms. The fourth-order valence-corrected chi connectivity index (χ4v) is 2.87. The third-order valence-corrected chi connectivity index (χ3v) is 3.92. The Morgan fingerprint density at radius 2 is 1.86 bits per heavy atom. The molecule has 0 amide bonds. The molecule has 0 unspecified atom stereocenters. The molecule has 1 N–H and O–H groups in total. The summed E-state index contributed by atoms with van der Waals surface area (Å²) in [6.45, 7) is -1.67. The van der Waals surface area contributed by atoms with Gasteiger partial charge in [-0.3, -0.25) is 14.3 Å². The van der Waals surface area contributed by atoms with Gasteiger partial charge in [0.15, 0.2) is 0 Å². The van der Waals surface area contributed by atoms with Crippen molar-refractivity contribution in [3.63, 3.8) is 0 Å². The Kier molecular flexibility index (Phi) is 4.46. The first kappa shape index (κ1) is 16.1. The van der Waals surface area contributed by atoms with Crippen LogP contribution < -0.4 is 11.2 Å². The number of nitrogens with zero attached hydrogens (tertiary/aromatic N) is 1. The van der Waals surface area contributed by atoms with Crippen LogP contribution in [0.15, 0.2) is 9.59 Å². The minimum absolute atomic E-state index is 0.0267. The Morgan fingerprint density at radius 1 is 1.29 bits per heavy atom. The highest BCUT2D eigenvalue weighted by Crippen LogP contribution is 2.34. The van der Waals surface area contributed by atoms with Gasteiger partial charge in [0, 0.05) is 0 Å². The van der Waals surface area contributed by atoms with E-state index in [0.717, 1.165) is 12.8 Å². The van der Waals surface area contributed by atoms with E-state index in [9.17, 15) is 27.2 Å². The summed E-state index contributed by atoms with van der Waals surface area (Å²) in [5.74, 6) is -4.70. The minimum atomic E-state index is -4.46. The Hall–Kier alpha value is -1.31. The highest BCUT2D eigenvalue weighted by Gasteiger charge is 2.42. The van der Waals surface area contributed by atoms with E-state index in [1.807, 2.05) is 0 Å². The summed E-state index contributed by atoms with van der Waals surface area (Å²) >= 11 is 5.82. The smallest absolute Gasteiger partial charge is 0.297 e. The van der Waals surface area contributed by atoms with Gasteiger partial charge in [0.25, 0.3) is 5.56 Å². The highest BCUT2D eigenvalue weighted by atomic mass is 35.5. The molecule has 118 valence electrons. The first-order chi connectivity index (χ1) is 9.74. The molecule has 1 aliphatic rings. The van der Waals surface area contributed by atoms with E-state index in [-0.39, 0.29) is 21.2 Å². The highest BCUT2D eigenvalue weighted by molar-refractivity contribution is 6.30. The summed E-state index contributed by atoms with van der Waals surface area (Å²) in [5, 5.41) is -0.200. The van der Waals surface area contributed by atoms with Crippen LogP contribution in [0.5, 0.6) is 0 Å². The predicted octanol–water partition coefficient (Wildman–Crippen LogP) is 2.75. The molecule has 0 bridgehead atoms. The van der Waals surface area contributed by atoms with Crippen LogP contribution in [-0.2, 0) is 6.54 Å². The number of H-pyrrole nitrogens is 1. The zero-order valence-corrected chi connectivity index (χ0v) is 11.6. The Morgan fingerprint density at radius 3 is 2.38 bits per heavy atom. The number of alkyl halides is 4. The lowest BCUT2D eigenvalue weighted by Crippen LogP contribution is -2.45. The van der Waals surface area contributed by atoms with Gasteiger partial charge in [0.1, 0.15) is 11.7 Å². The maximum absolute atomic E-state index is 13.1. The standard InChI is InChI=1S/C12H13ClF4N2O2/c13-8-7(6-3-1-2-4-6)9(20)19(11(21)18-8)5-12(16,17)10(14)15/h6,10H,1-5H2,(H,18,21). The molecule has 0 aliphatic heterocycles. The summed E-state index contributed by atoms with van der Waals surface area (Å²) in [7, 11) is 0. The molecule has 1 fully saturated rings. The van der Waals surface area contributed by atoms with Crippen LogP contribution in [-0.4, -0.2) is 21.9 Å². The maximum Gasteiger partial charge on any atom is 0.329 e. The van der Waals surface area contributed by atoms with Gasteiger partial charge >= 0.3 is 18.0 Å². The molecule has 0 radical (unpaired) electrons. The van der Waals surface area contributed by atoms with Crippen molar-refractivity contribution in [2.24, 2.45) is 0 Å². The lowest BCUT2D eigenvalue weighted by Gasteiger charge is -2.18. The van der Waals surface area contributed by atoms with E-state index in [1.54, 1.807) is 0 Å².